The van der Waals surface area contributed by atoms with E-state index in [1.807, 2.05) is 155 Å². The van der Waals surface area contributed by atoms with Crippen molar-refractivity contribution in [3.05, 3.63) is 378 Å². The van der Waals surface area contributed by atoms with Gasteiger partial charge in [0.15, 0.2) is 34.5 Å². The summed E-state index contributed by atoms with van der Waals surface area (Å²) in [5.74, 6) is 22.7. The minimum Gasteiger partial charge on any atom is -0.491 e. The molecule has 141 heavy (non-hydrogen) atoms. The van der Waals surface area contributed by atoms with Gasteiger partial charge in [-0.05, 0) is 200 Å². The van der Waals surface area contributed by atoms with E-state index in [-0.39, 0.29) is 69.2 Å². The van der Waals surface area contributed by atoms with Crippen molar-refractivity contribution in [3.8, 4) is 97.9 Å². The molecule has 35 heteroatoms. The highest BCUT2D eigenvalue weighted by Gasteiger charge is 2.29. The number of amides is 3. The largest absolute Gasteiger partial charge is 0.491 e. The molecule has 10 N–H and O–H groups in total. The third kappa shape index (κ3) is 22.7. The molecule has 0 radical (unpaired) electrons. The molecule has 700 valence electrons. The van der Waals surface area contributed by atoms with Gasteiger partial charge in [0.1, 0.15) is 29.0 Å². The molecule has 33 nitrogen and oxygen atoms in total. The Labute approximate surface area is 812 Å². The molecule has 18 aromatic rings. The predicted octanol–water partition coefficient (Wildman–Crippen LogP) is 14.2. The Hall–Kier alpha value is -18.5. The molecular weight excluding hydrogens is 1820 g/mol. The number of para-hydroxylation sites is 3. The minimum absolute atomic E-state index is 0.0238. The van der Waals surface area contributed by atoms with Gasteiger partial charge in [-0.2, -0.15) is 5.10 Å². The highest BCUT2D eigenvalue weighted by Crippen LogP contribution is 2.31. The molecule has 0 aliphatic rings. The summed E-state index contributed by atoms with van der Waals surface area (Å²) in [6, 6.07) is 61.0. The van der Waals surface area contributed by atoms with Gasteiger partial charge in [0.05, 0.1) is 156 Å². The van der Waals surface area contributed by atoms with E-state index in [4.69, 9.17) is 41.6 Å². The molecule has 1 unspecified atom stereocenters. The number of carbonyl (C=O) groups excluding carboxylic acids is 3. The number of thiazole rings is 1. The first-order valence-electron chi connectivity index (χ1n) is 44.1. The van der Waals surface area contributed by atoms with E-state index in [9.17, 15) is 33.0 Å². The number of nitrogens with two attached hydrogens (primary N) is 3. The van der Waals surface area contributed by atoms with Gasteiger partial charge in [-0.15, -0.1) is 11.3 Å². The van der Waals surface area contributed by atoms with E-state index in [1.54, 1.807) is 154 Å². The Kier molecular flexibility index (Phi) is 28.9. The van der Waals surface area contributed by atoms with Crippen molar-refractivity contribution in [3.63, 3.8) is 0 Å². The second kappa shape index (κ2) is 42.6. The third-order valence-corrected chi connectivity index (χ3v) is 22.7. The zero-order chi connectivity index (χ0) is 99.1. The molecule has 3 amide bonds. The van der Waals surface area contributed by atoms with Crippen LogP contribution < -0.4 is 64.0 Å². The monoisotopic (exact) mass is 1910 g/mol. The lowest BCUT2D eigenvalue weighted by Gasteiger charge is -2.20. The number of rotatable bonds is 21. The molecule has 18 rings (SSSR count). The van der Waals surface area contributed by atoms with E-state index in [0.29, 0.717) is 112 Å². The van der Waals surface area contributed by atoms with Crippen LogP contribution in [0.5, 0.6) is 11.5 Å². The summed E-state index contributed by atoms with van der Waals surface area (Å²) >= 11 is 1.42. The average Bonchev–Trinajstić information content (AvgIpc) is 1.27. The number of hydrogen-bond donors (Lipinski definition) is 7. The molecule has 0 aliphatic heterocycles. The highest BCUT2D eigenvalue weighted by molar-refractivity contribution is 8.00. The molecule has 0 fully saturated rings. The number of fused-ring (bicyclic) bond motifs is 3. The summed E-state index contributed by atoms with van der Waals surface area (Å²) in [7, 11) is -0.750. The predicted molar refractivity (Wildman–Crippen MR) is 547 cm³/mol. The van der Waals surface area contributed by atoms with Gasteiger partial charge in [0.25, 0.3) is 34.4 Å². The van der Waals surface area contributed by atoms with E-state index in [2.05, 4.69) is 112 Å². The maximum Gasteiger partial charge on any atom is 0.274 e. The van der Waals surface area contributed by atoms with Crippen LogP contribution >= 0.6 is 11.3 Å². The molecule has 10 aromatic heterocycles. The maximum absolute atomic E-state index is 14.3. The van der Waals surface area contributed by atoms with E-state index < -0.39 is 45.6 Å². The Morgan fingerprint density at radius 1 is 0.418 bits per heavy atom. The number of nitrogens with zero attached hydrogens (tertiary/aromatic N) is 17. The maximum atomic E-state index is 14.3. The van der Waals surface area contributed by atoms with Crippen LogP contribution in [0.4, 0.5) is 23.1 Å². The number of pyridine rings is 2. The van der Waals surface area contributed by atoms with Crippen molar-refractivity contribution in [2.75, 3.05) is 28.2 Å². The summed E-state index contributed by atoms with van der Waals surface area (Å²) in [5.41, 5.74) is 28.7. The number of ether oxygens (including phenoxy) is 2. The Morgan fingerprint density at radius 2 is 0.801 bits per heavy atom. The standard InChI is InChI=1S/C37H31N7O3.C35H29N7O3S.C34H30N10O3S/c1-23(2)47-29-16-14-26(15-17-29)31-22-40-34(38)33(42-31)36(45)41-24(3)35-43-30-11-7-8-27(13-12-25-18-20-39-21-19-25)32(30)37(46)44(35)28-9-5-4-6-10-28;1-21(2)45-26-15-12-23(13-16-26)29-19-38-32(36)31(40-29)34(43)39-22(3)33-41-28-11-7-8-24(14-17-27-18-37-20-46-27)30(28)35(44)42(33)25-9-5-4-6-10-25;1-21(39-33(45)30-31(35)37-19-28(40-30)24-15-25(18-36-17-24)42-48(3,4)47)32-41-27-12-8-9-23(14-13-22-16-38-43(2)20-22)29(27)34(46)44(32)26-10-6-5-7-11-26/h4-11,14-24H,1-3H3,(H2,38,40)(H,41,45);4-13,15-16,18-22H,1-3H3,(H2,36,38)(H,39,43);5-12,15-21H,3H2,1-2,4H3,(H2,35,37)(H,39,45)(H,42,47)/t24-;22-;21-,48?/m000/s1. The summed E-state index contributed by atoms with van der Waals surface area (Å²) < 4.78 is 32.5. The second-order valence-corrected chi connectivity index (χ2v) is 35.8. The van der Waals surface area contributed by atoms with Crippen LogP contribution in [0.15, 0.2) is 294 Å². The van der Waals surface area contributed by atoms with E-state index in [0.717, 1.165) is 33.1 Å². The number of benzene rings is 8. The van der Waals surface area contributed by atoms with Gasteiger partial charge in [-0.3, -0.25) is 62.1 Å². The first-order valence-corrected chi connectivity index (χ1v) is 47.1. The van der Waals surface area contributed by atoms with Crippen LogP contribution in [0.3, 0.4) is 0 Å². The SMILES string of the molecule is C=S(C)(=O)Nc1cncc(-c2cnc(N)c(C(=O)N[C@@H](C)c3nc4cccc(C#Cc5cnn(C)c5)c4c(=O)n3-c3ccccc3)n2)c1.CC(C)Oc1ccc(-c2cnc(N)c(C(=O)N[C@@H](C)c3nc4cccc(C#Cc5ccncc5)c4c(=O)n3-c3ccccc3)n2)cc1.CC(C)Oc1ccc(-c2cnc(N)c(C(=O)N[C@@H](C)c3nc4cccc(C#Cc5cncs5)c4c(=O)n3-c3ccccc3)n2)cc1. The van der Waals surface area contributed by atoms with Crippen LogP contribution in [0.1, 0.15) is 148 Å². The fourth-order valence-electron chi connectivity index (χ4n) is 15.0. The molecule has 0 bridgehead atoms. The third-order valence-electron chi connectivity index (χ3n) is 21.3. The van der Waals surface area contributed by atoms with Crippen molar-refractivity contribution >= 4 is 100 Å². The lowest BCUT2D eigenvalue weighted by molar-refractivity contribution is 0.0925. The zero-order valence-electron chi connectivity index (χ0n) is 77.5. The highest BCUT2D eigenvalue weighted by atomic mass is 32.2. The molecule has 0 saturated carbocycles. The van der Waals surface area contributed by atoms with Crippen molar-refractivity contribution in [1.82, 2.24) is 99.2 Å². The molecule has 8 aromatic carbocycles. The smallest absolute Gasteiger partial charge is 0.274 e. The first-order chi connectivity index (χ1) is 68.0. The fraction of sp³-hybridized carbons (Fsp3) is 0.132. The lowest BCUT2D eigenvalue weighted by Crippen LogP contribution is -2.34. The lowest BCUT2D eigenvalue weighted by atomic mass is 10.1. The Morgan fingerprint density at radius 3 is 1.16 bits per heavy atom. The topological polar surface area (TPSA) is 451 Å². The summed E-state index contributed by atoms with van der Waals surface area (Å²) in [6.07, 6.45) is 17.4. The van der Waals surface area contributed by atoms with Crippen molar-refractivity contribution in [1.29, 1.82) is 0 Å². The van der Waals surface area contributed by atoms with E-state index >= 15 is 0 Å². The summed E-state index contributed by atoms with van der Waals surface area (Å²) in [6.45, 7) is 13.0. The Balaban J connectivity index is 0.000000152. The minimum atomic E-state index is -2.55. The summed E-state index contributed by atoms with van der Waals surface area (Å²) in [5, 5.41) is 14.0. The molecule has 0 aliphatic carbocycles. The van der Waals surface area contributed by atoms with Gasteiger partial charge < -0.3 is 47.3 Å². The molecule has 10 heterocycles. The molecular formula is C106H90N24O9S2. The second-order valence-electron chi connectivity index (χ2n) is 32.7. The molecule has 0 spiro atoms. The van der Waals surface area contributed by atoms with Gasteiger partial charge in [-0.1, -0.05) is 102 Å². The number of aryl methyl sites for hydroxylation is 1. The van der Waals surface area contributed by atoms with Crippen LogP contribution in [-0.4, -0.2) is 130 Å². The number of aromatic nitrogens is 17. The number of hydrogen-bond acceptors (Lipinski definition) is 26. The van der Waals surface area contributed by atoms with Crippen LogP contribution in [0, 0.1) is 35.5 Å². The number of nitrogen functional groups attached to an aromatic ring is 3. The summed E-state index contributed by atoms with van der Waals surface area (Å²) in [4.78, 5) is 137. The van der Waals surface area contributed by atoms with Gasteiger partial charge >= 0.3 is 0 Å². The number of carbonyl (C=O) groups is 3. The number of anilines is 4. The van der Waals surface area contributed by atoms with E-state index in [1.165, 1.54) is 62.3 Å². The quantitative estimate of drug-likeness (QED) is 0.0259. The normalized spacial score (nSPS) is 12.0. The number of nitrogens with one attached hydrogen (secondary N) is 4. The first kappa shape index (κ1) is 95.6. The van der Waals surface area contributed by atoms with Crippen LogP contribution in [0.2, 0.25) is 0 Å². The van der Waals surface area contributed by atoms with Crippen molar-refractivity contribution < 1.29 is 28.1 Å². The zero-order valence-corrected chi connectivity index (χ0v) is 79.1. The molecule has 0 saturated heterocycles. The van der Waals surface area contributed by atoms with Gasteiger partial charge in [0.2, 0.25) is 0 Å². The van der Waals surface area contributed by atoms with Crippen LogP contribution in [-0.2, 0) is 16.8 Å². The van der Waals surface area contributed by atoms with Gasteiger partial charge in [0, 0.05) is 86.7 Å². The van der Waals surface area contributed by atoms with Crippen molar-refractivity contribution in [2.45, 2.75) is 78.8 Å². The van der Waals surface area contributed by atoms with Crippen LogP contribution in [0.25, 0.3) is 83.5 Å². The average molecular weight is 1910 g/mol. The Bertz CT molecular complexity index is 8310. The molecule has 4 atom stereocenters. The van der Waals surface area contributed by atoms with Crippen molar-refractivity contribution in [2.24, 2.45) is 7.05 Å². The van der Waals surface area contributed by atoms with Gasteiger partial charge in [-0.25, -0.2) is 49.1 Å². The fourth-order valence-corrected chi connectivity index (χ4v) is 16.0.